The molecule has 0 spiro atoms. The summed E-state index contributed by atoms with van der Waals surface area (Å²) in [6.07, 6.45) is -0.319. The molecule has 5 heteroatoms. The zero-order valence-electron chi connectivity index (χ0n) is 14.7. The van der Waals surface area contributed by atoms with Crippen LogP contribution in [0.5, 0.6) is 0 Å². The van der Waals surface area contributed by atoms with Gasteiger partial charge >= 0.3 is 6.09 Å². The molecule has 1 aliphatic heterocycles. The van der Waals surface area contributed by atoms with Gasteiger partial charge < -0.3 is 10.5 Å². The van der Waals surface area contributed by atoms with Gasteiger partial charge in [0.25, 0.3) is 0 Å². The predicted octanol–water partition coefficient (Wildman–Crippen LogP) is 3.70. The zero-order chi connectivity index (χ0) is 18.2. The molecule has 25 heavy (non-hydrogen) atoms. The zero-order valence-corrected chi connectivity index (χ0v) is 14.7. The van der Waals surface area contributed by atoms with E-state index in [4.69, 9.17) is 10.5 Å². The van der Waals surface area contributed by atoms with E-state index in [0.29, 0.717) is 18.7 Å². The normalized spacial score (nSPS) is 13.5. The number of hydrogen-bond acceptors (Lipinski definition) is 3. The smallest absolute Gasteiger partial charge is 0.410 e. The maximum atomic E-state index is 12.4. The van der Waals surface area contributed by atoms with Gasteiger partial charge in [0, 0.05) is 12.1 Å². The van der Waals surface area contributed by atoms with Gasteiger partial charge in [-0.1, -0.05) is 30.3 Å². The van der Waals surface area contributed by atoms with E-state index in [0.717, 1.165) is 22.3 Å². The molecule has 130 valence electrons. The van der Waals surface area contributed by atoms with Crippen LogP contribution in [-0.2, 0) is 17.8 Å². The van der Waals surface area contributed by atoms with Crippen LogP contribution in [-0.4, -0.2) is 22.5 Å². The quantitative estimate of drug-likeness (QED) is 0.907. The Balaban J connectivity index is 1.91. The number of nitrogens with zero attached hydrogens (tertiary/aromatic N) is 1. The molecule has 0 saturated carbocycles. The first-order valence-electron chi connectivity index (χ1n) is 8.23. The first-order valence-corrected chi connectivity index (χ1v) is 8.23. The van der Waals surface area contributed by atoms with Gasteiger partial charge in [-0.15, -0.1) is 0 Å². The number of ether oxygens (including phenoxy) is 1. The Kier molecular flexibility index (Phi) is 4.25. The van der Waals surface area contributed by atoms with Crippen LogP contribution in [0.25, 0.3) is 11.1 Å². The van der Waals surface area contributed by atoms with E-state index >= 15 is 0 Å². The van der Waals surface area contributed by atoms with E-state index in [1.54, 1.807) is 17.0 Å². The van der Waals surface area contributed by atoms with Crippen molar-refractivity contribution in [3.8, 4) is 11.1 Å². The van der Waals surface area contributed by atoms with Crippen molar-refractivity contribution in [1.29, 1.82) is 0 Å². The van der Waals surface area contributed by atoms with Crippen molar-refractivity contribution in [1.82, 2.24) is 4.90 Å². The van der Waals surface area contributed by atoms with Gasteiger partial charge in [-0.2, -0.15) is 0 Å². The highest BCUT2D eigenvalue weighted by Gasteiger charge is 2.29. The minimum atomic E-state index is -0.523. The highest BCUT2D eigenvalue weighted by Crippen LogP contribution is 2.33. The van der Waals surface area contributed by atoms with Gasteiger partial charge in [-0.25, -0.2) is 4.79 Å². The van der Waals surface area contributed by atoms with Crippen LogP contribution in [0.15, 0.2) is 42.5 Å². The molecule has 0 unspecified atom stereocenters. The van der Waals surface area contributed by atoms with Crippen LogP contribution < -0.4 is 5.73 Å². The predicted molar refractivity (Wildman–Crippen MR) is 95.9 cm³/mol. The minimum Gasteiger partial charge on any atom is -0.444 e. The SMILES string of the molecule is CC(C)(C)OC(=O)N1Cc2cccc(-c3cccc(C(N)=O)c3)c2C1. The van der Waals surface area contributed by atoms with Gasteiger partial charge in [-0.3, -0.25) is 9.69 Å². The van der Waals surface area contributed by atoms with Crippen LogP contribution >= 0.6 is 0 Å². The molecule has 2 amide bonds. The number of hydrogen-bond donors (Lipinski definition) is 1. The number of rotatable bonds is 2. The summed E-state index contributed by atoms with van der Waals surface area (Å²) in [4.78, 5) is 25.5. The first kappa shape index (κ1) is 17.0. The third-order valence-electron chi connectivity index (χ3n) is 4.09. The molecule has 0 bridgehead atoms. The molecule has 2 aromatic rings. The maximum absolute atomic E-state index is 12.4. The number of primary amides is 1. The second-order valence-corrected chi connectivity index (χ2v) is 7.22. The Hall–Kier alpha value is -2.82. The summed E-state index contributed by atoms with van der Waals surface area (Å²) >= 11 is 0. The van der Waals surface area contributed by atoms with Gasteiger partial charge in [0.2, 0.25) is 5.91 Å². The van der Waals surface area contributed by atoms with Crippen molar-refractivity contribution in [2.24, 2.45) is 5.73 Å². The van der Waals surface area contributed by atoms with Gasteiger partial charge in [0.15, 0.2) is 0 Å². The molecule has 2 N–H and O–H groups in total. The Labute approximate surface area is 147 Å². The molecule has 0 aromatic heterocycles. The van der Waals surface area contributed by atoms with Crippen LogP contribution in [0.2, 0.25) is 0 Å². The summed E-state index contributed by atoms with van der Waals surface area (Å²) in [6.45, 7) is 6.58. The van der Waals surface area contributed by atoms with Crippen molar-refractivity contribution in [3.05, 3.63) is 59.2 Å². The average molecular weight is 338 g/mol. The van der Waals surface area contributed by atoms with Gasteiger partial charge in [0.1, 0.15) is 5.60 Å². The fourth-order valence-electron chi connectivity index (χ4n) is 2.99. The van der Waals surface area contributed by atoms with Crippen molar-refractivity contribution in [2.45, 2.75) is 39.5 Å². The van der Waals surface area contributed by atoms with E-state index in [9.17, 15) is 9.59 Å². The van der Waals surface area contributed by atoms with Gasteiger partial charge in [-0.05, 0) is 55.2 Å². The van der Waals surface area contributed by atoms with E-state index in [-0.39, 0.29) is 6.09 Å². The summed E-state index contributed by atoms with van der Waals surface area (Å²) in [5.41, 5.74) is 9.42. The molecule has 0 radical (unpaired) electrons. The van der Waals surface area contributed by atoms with Crippen LogP contribution in [0.3, 0.4) is 0 Å². The third kappa shape index (κ3) is 3.65. The Morgan fingerprint density at radius 1 is 1.08 bits per heavy atom. The van der Waals surface area contributed by atoms with Crippen molar-refractivity contribution >= 4 is 12.0 Å². The summed E-state index contributed by atoms with van der Waals surface area (Å²) in [5.74, 6) is -0.454. The fourth-order valence-corrected chi connectivity index (χ4v) is 2.99. The Morgan fingerprint density at radius 2 is 1.80 bits per heavy atom. The summed E-state index contributed by atoms with van der Waals surface area (Å²) < 4.78 is 5.47. The Morgan fingerprint density at radius 3 is 2.48 bits per heavy atom. The molecule has 0 saturated heterocycles. The molecule has 0 atom stereocenters. The summed E-state index contributed by atoms with van der Waals surface area (Å²) in [6, 6.07) is 13.2. The molecule has 2 aromatic carbocycles. The number of nitrogens with two attached hydrogens (primary N) is 1. The molecule has 5 nitrogen and oxygen atoms in total. The number of benzene rings is 2. The first-order chi connectivity index (χ1) is 11.7. The number of fused-ring (bicyclic) bond motifs is 1. The number of carbonyl (C=O) groups is 2. The second kappa shape index (κ2) is 6.24. The van der Waals surface area contributed by atoms with Crippen LogP contribution in [0, 0.1) is 0 Å². The van der Waals surface area contributed by atoms with Crippen LogP contribution in [0.1, 0.15) is 42.3 Å². The molecular formula is C20H22N2O3. The van der Waals surface area contributed by atoms with Crippen molar-refractivity contribution < 1.29 is 14.3 Å². The molecular weight excluding hydrogens is 316 g/mol. The lowest BCUT2D eigenvalue weighted by Crippen LogP contribution is -2.33. The van der Waals surface area contributed by atoms with E-state index < -0.39 is 11.5 Å². The van der Waals surface area contributed by atoms with E-state index in [1.165, 1.54) is 0 Å². The molecule has 3 rings (SSSR count). The topological polar surface area (TPSA) is 72.6 Å². The monoisotopic (exact) mass is 338 g/mol. The van der Waals surface area contributed by atoms with Gasteiger partial charge in [0.05, 0.1) is 6.54 Å². The van der Waals surface area contributed by atoms with E-state index in [2.05, 4.69) is 0 Å². The maximum Gasteiger partial charge on any atom is 0.410 e. The third-order valence-corrected chi connectivity index (χ3v) is 4.09. The van der Waals surface area contributed by atoms with Crippen molar-refractivity contribution in [3.63, 3.8) is 0 Å². The van der Waals surface area contributed by atoms with Crippen LogP contribution in [0.4, 0.5) is 4.79 Å². The fraction of sp³-hybridized carbons (Fsp3) is 0.300. The minimum absolute atomic E-state index is 0.319. The summed E-state index contributed by atoms with van der Waals surface area (Å²) in [5, 5.41) is 0. The molecule has 0 fully saturated rings. The van der Waals surface area contributed by atoms with E-state index in [1.807, 2.05) is 51.1 Å². The average Bonchev–Trinajstić information content (AvgIpc) is 2.97. The molecule has 0 aliphatic carbocycles. The standard InChI is InChI=1S/C20H22N2O3/c1-20(2,3)25-19(24)22-11-15-8-5-9-16(17(15)12-22)13-6-4-7-14(10-13)18(21)23/h4-10H,11-12H2,1-3H3,(H2,21,23). The molecule has 1 aliphatic rings. The lowest BCUT2D eigenvalue weighted by molar-refractivity contribution is 0.0242. The number of carbonyl (C=O) groups excluding carboxylic acids is 2. The largest absolute Gasteiger partial charge is 0.444 e. The molecule has 1 heterocycles. The number of amides is 2. The lowest BCUT2D eigenvalue weighted by atomic mass is 9.96. The summed E-state index contributed by atoms with van der Waals surface area (Å²) in [7, 11) is 0. The second-order valence-electron chi connectivity index (χ2n) is 7.22. The Bertz CT molecular complexity index is 837. The highest BCUT2D eigenvalue weighted by molar-refractivity contribution is 5.94. The highest BCUT2D eigenvalue weighted by atomic mass is 16.6. The lowest BCUT2D eigenvalue weighted by Gasteiger charge is -2.24. The van der Waals surface area contributed by atoms with Crippen molar-refractivity contribution in [2.75, 3.05) is 0 Å².